The number of rotatable bonds is 4. The number of hydrogen-bond donors (Lipinski definition) is 3. The molecule has 4 N–H and O–H groups in total. The van der Waals surface area contributed by atoms with Gasteiger partial charge in [-0.1, -0.05) is 24.2 Å². The van der Waals surface area contributed by atoms with E-state index in [0.717, 1.165) is 6.42 Å². The van der Waals surface area contributed by atoms with E-state index in [1.807, 2.05) is 6.92 Å². The third-order valence-corrected chi connectivity index (χ3v) is 3.62. The van der Waals surface area contributed by atoms with Gasteiger partial charge in [-0.25, -0.2) is 0 Å². The van der Waals surface area contributed by atoms with Crippen molar-refractivity contribution in [1.82, 2.24) is 0 Å². The average molecular weight is 247 g/mol. The monoisotopic (exact) mass is 247 g/mol. The molecule has 1 aliphatic rings. The normalized spacial score (nSPS) is 17.1. The first-order valence-corrected chi connectivity index (χ1v) is 6.54. The molecule has 1 aliphatic carbocycles. The van der Waals surface area contributed by atoms with Gasteiger partial charge in [0.25, 0.3) is 0 Å². The van der Waals surface area contributed by atoms with E-state index in [0.29, 0.717) is 6.54 Å². The van der Waals surface area contributed by atoms with Gasteiger partial charge in [-0.3, -0.25) is 0 Å². The van der Waals surface area contributed by atoms with Gasteiger partial charge in [0.15, 0.2) is 0 Å². The maximum absolute atomic E-state index is 8.63. The first-order chi connectivity index (χ1) is 8.72. The van der Waals surface area contributed by atoms with Crippen LogP contribution in [-0.2, 0) is 12.8 Å². The van der Waals surface area contributed by atoms with E-state index in [4.69, 9.17) is 10.9 Å². The van der Waals surface area contributed by atoms with Gasteiger partial charge in [-0.2, -0.15) is 0 Å². The molecule has 98 valence electrons. The Morgan fingerprint density at radius 1 is 1.44 bits per heavy atom. The van der Waals surface area contributed by atoms with Gasteiger partial charge in [-0.15, -0.1) is 0 Å². The number of nitrogens with one attached hydrogen (secondary N) is 1. The third-order valence-electron chi connectivity index (χ3n) is 3.62. The van der Waals surface area contributed by atoms with Crippen LogP contribution in [0.3, 0.4) is 0 Å². The molecular weight excluding hydrogens is 226 g/mol. The van der Waals surface area contributed by atoms with Gasteiger partial charge in [0.05, 0.1) is 0 Å². The summed E-state index contributed by atoms with van der Waals surface area (Å²) in [5.41, 5.74) is 9.68. The van der Waals surface area contributed by atoms with Gasteiger partial charge >= 0.3 is 0 Å². The molecule has 1 atom stereocenters. The van der Waals surface area contributed by atoms with Crippen molar-refractivity contribution in [2.24, 2.45) is 16.8 Å². The Morgan fingerprint density at radius 3 is 3.00 bits per heavy atom. The highest BCUT2D eigenvalue weighted by molar-refractivity contribution is 5.82. The van der Waals surface area contributed by atoms with E-state index in [-0.39, 0.29) is 11.8 Å². The number of amidine groups is 1. The Balaban J connectivity index is 2.06. The SMILES string of the molecule is CC(CNc1cccc2c1CCCC2)C(N)=NO. The van der Waals surface area contributed by atoms with Crippen molar-refractivity contribution in [1.29, 1.82) is 0 Å². The molecule has 0 fully saturated rings. The summed E-state index contributed by atoms with van der Waals surface area (Å²) in [7, 11) is 0. The molecule has 1 aromatic rings. The fraction of sp³-hybridized carbons (Fsp3) is 0.500. The maximum Gasteiger partial charge on any atom is 0.143 e. The molecule has 0 saturated heterocycles. The Labute approximate surface area is 108 Å². The van der Waals surface area contributed by atoms with Crippen molar-refractivity contribution in [2.75, 3.05) is 11.9 Å². The van der Waals surface area contributed by atoms with Crippen LogP contribution in [0.2, 0.25) is 0 Å². The zero-order valence-electron chi connectivity index (χ0n) is 10.8. The summed E-state index contributed by atoms with van der Waals surface area (Å²) in [6.07, 6.45) is 4.88. The zero-order valence-corrected chi connectivity index (χ0v) is 10.8. The lowest BCUT2D eigenvalue weighted by Gasteiger charge is -2.21. The Bertz CT molecular complexity index is 443. The second kappa shape index (κ2) is 5.76. The maximum atomic E-state index is 8.63. The Kier molecular flexibility index (Phi) is 4.07. The number of anilines is 1. The lowest BCUT2D eigenvalue weighted by molar-refractivity contribution is 0.315. The van der Waals surface area contributed by atoms with Crippen LogP contribution < -0.4 is 11.1 Å². The number of nitrogens with zero attached hydrogens (tertiary/aromatic N) is 1. The highest BCUT2D eigenvalue weighted by atomic mass is 16.4. The molecule has 0 amide bonds. The molecule has 4 nitrogen and oxygen atoms in total. The fourth-order valence-electron chi connectivity index (χ4n) is 2.41. The van der Waals surface area contributed by atoms with Crippen LogP contribution in [0.25, 0.3) is 0 Å². The van der Waals surface area contributed by atoms with Crippen molar-refractivity contribution in [3.8, 4) is 0 Å². The van der Waals surface area contributed by atoms with Gasteiger partial charge < -0.3 is 16.3 Å². The zero-order chi connectivity index (χ0) is 13.0. The number of fused-ring (bicyclic) bond motifs is 1. The summed E-state index contributed by atoms with van der Waals surface area (Å²) in [4.78, 5) is 0. The molecule has 18 heavy (non-hydrogen) atoms. The van der Waals surface area contributed by atoms with Crippen LogP contribution in [0.15, 0.2) is 23.4 Å². The summed E-state index contributed by atoms with van der Waals surface area (Å²) in [6, 6.07) is 6.43. The molecule has 0 radical (unpaired) electrons. The van der Waals surface area contributed by atoms with E-state index in [2.05, 4.69) is 28.7 Å². The quantitative estimate of drug-likeness (QED) is 0.331. The molecular formula is C14H21N3O. The van der Waals surface area contributed by atoms with Crippen LogP contribution in [0, 0.1) is 5.92 Å². The van der Waals surface area contributed by atoms with Crippen LogP contribution in [0.4, 0.5) is 5.69 Å². The summed E-state index contributed by atoms with van der Waals surface area (Å²) in [5.74, 6) is 0.293. The lowest BCUT2D eigenvalue weighted by Crippen LogP contribution is -2.27. The van der Waals surface area contributed by atoms with Gasteiger partial charge in [0.1, 0.15) is 5.84 Å². The topological polar surface area (TPSA) is 70.6 Å². The van der Waals surface area contributed by atoms with Crippen molar-refractivity contribution < 1.29 is 5.21 Å². The Morgan fingerprint density at radius 2 is 2.22 bits per heavy atom. The molecule has 0 saturated carbocycles. The molecule has 0 aromatic heterocycles. The van der Waals surface area contributed by atoms with Crippen molar-refractivity contribution in [3.63, 3.8) is 0 Å². The number of nitrogens with two attached hydrogens (primary N) is 1. The van der Waals surface area contributed by atoms with Gasteiger partial charge in [0, 0.05) is 18.2 Å². The Hall–Kier alpha value is -1.71. The molecule has 2 rings (SSSR count). The fourth-order valence-corrected chi connectivity index (χ4v) is 2.41. The van der Waals surface area contributed by atoms with E-state index >= 15 is 0 Å². The van der Waals surface area contributed by atoms with Crippen LogP contribution in [-0.4, -0.2) is 17.6 Å². The standard InChI is InChI=1S/C14H21N3O/c1-10(14(15)17-18)9-16-13-8-4-6-11-5-2-3-7-12(11)13/h4,6,8,10,16,18H,2-3,5,7,9H2,1H3,(H2,15,17). The van der Waals surface area contributed by atoms with Crippen LogP contribution >= 0.6 is 0 Å². The highest BCUT2D eigenvalue weighted by Crippen LogP contribution is 2.27. The molecule has 0 aliphatic heterocycles. The number of benzene rings is 1. The minimum absolute atomic E-state index is 0.0226. The second-order valence-corrected chi connectivity index (χ2v) is 4.96. The van der Waals surface area contributed by atoms with Gasteiger partial charge in [0.2, 0.25) is 0 Å². The third kappa shape index (κ3) is 2.75. The predicted octanol–water partition coefficient (Wildman–Crippen LogP) is 2.36. The molecule has 0 spiro atoms. The van der Waals surface area contributed by atoms with Crippen molar-refractivity contribution >= 4 is 11.5 Å². The summed E-state index contributed by atoms with van der Waals surface area (Å²) in [5, 5.41) is 15.1. The first kappa shape index (κ1) is 12.7. The number of aryl methyl sites for hydroxylation is 1. The first-order valence-electron chi connectivity index (χ1n) is 6.54. The minimum atomic E-state index is 0.0226. The van der Waals surface area contributed by atoms with Gasteiger partial charge in [-0.05, 0) is 42.9 Å². The van der Waals surface area contributed by atoms with Crippen molar-refractivity contribution in [3.05, 3.63) is 29.3 Å². The molecule has 0 bridgehead atoms. The average Bonchev–Trinajstić information content (AvgIpc) is 2.43. The van der Waals surface area contributed by atoms with E-state index in [1.165, 1.54) is 36.1 Å². The van der Waals surface area contributed by atoms with E-state index in [9.17, 15) is 0 Å². The molecule has 4 heteroatoms. The van der Waals surface area contributed by atoms with Crippen LogP contribution in [0.1, 0.15) is 30.9 Å². The highest BCUT2D eigenvalue weighted by Gasteiger charge is 2.14. The number of oxime groups is 1. The molecule has 1 unspecified atom stereocenters. The van der Waals surface area contributed by atoms with Crippen molar-refractivity contribution in [2.45, 2.75) is 32.6 Å². The molecule has 1 aromatic carbocycles. The summed E-state index contributed by atoms with van der Waals surface area (Å²) >= 11 is 0. The van der Waals surface area contributed by atoms with E-state index < -0.39 is 0 Å². The smallest absolute Gasteiger partial charge is 0.143 e. The van der Waals surface area contributed by atoms with E-state index in [1.54, 1.807) is 0 Å². The summed E-state index contributed by atoms with van der Waals surface area (Å²) < 4.78 is 0. The minimum Gasteiger partial charge on any atom is -0.409 e. The largest absolute Gasteiger partial charge is 0.409 e. The summed E-state index contributed by atoms with van der Waals surface area (Å²) in [6.45, 7) is 2.63. The lowest BCUT2D eigenvalue weighted by atomic mass is 9.90. The molecule has 0 heterocycles. The second-order valence-electron chi connectivity index (χ2n) is 4.96. The predicted molar refractivity (Wildman–Crippen MR) is 74.1 cm³/mol. The number of hydrogen-bond acceptors (Lipinski definition) is 3. The van der Waals surface area contributed by atoms with Crippen LogP contribution in [0.5, 0.6) is 0 Å².